The van der Waals surface area contributed by atoms with Crippen LogP contribution < -0.4 is 10.5 Å². The zero-order valence-corrected chi connectivity index (χ0v) is 10.0. The molecule has 4 nitrogen and oxygen atoms in total. The molecule has 0 saturated heterocycles. The lowest BCUT2D eigenvalue weighted by Gasteiger charge is -2.16. The topological polar surface area (TPSA) is 64.7 Å². The number of nitrogens with two attached hydrogens (primary N) is 1. The second-order valence-electron chi connectivity index (χ2n) is 3.89. The molecule has 1 aromatic carbocycles. The first-order valence-electron chi connectivity index (χ1n) is 5.39. The van der Waals surface area contributed by atoms with Crippen molar-refractivity contribution in [3.63, 3.8) is 0 Å². The quantitative estimate of drug-likeness (QED) is 0.788. The van der Waals surface area contributed by atoms with E-state index in [9.17, 15) is 9.50 Å². The van der Waals surface area contributed by atoms with Crippen molar-refractivity contribution in [2.75, 3.05) is 20.3 Å². The van der Waals surface area contributed by atoms with Crippen LogP contribution in [0, 0.1) is 5.82 Å². The maximum atomic E-state index is 13.1. The van der Waals surface area contributed by atoms with Crippen LogP contribution in [-0.4, -0.2) is 31.5 Å². The monoisotopic (exact) mass is 243 g/mol. The molecule has 0 aromatic heterocycles. The highest BCUT2D eigenvalue weighted by Crippen LogP contribution is 2.24. The van der Waals surface area contributed by atoms with E-state index in [1.165, 1.54) is 19.2 Å². The average Bonchev–Trinajstić information content (AvgIpc) is 2.26. The Balaban J connectivity index is 2.71. The molecular weight excluding hydrogens is 225 g/mol. The molecule has 1 unspecified atom stereocenters. The highest BCUT2D eigenvalue weighted by molar-refractivity contribution is 5.36. The lowest BCUT2D eigenvalue weighted by molar-refractivity contribution is 0.0322. The van der Waals surface area contributed by atoms with Crippen molar-refractivity contribution in [1.82, 2.24) is 0 Å². The van der Waals surface area contributed by atoms with Gasteiger partial charge in [-0.15, -0.1) is 0 Å². The third-order valence-electron chi connectivity index (χ3n) is 2.26. The SMILES string of the molecule is COCC(O)COc1cc(F)ccc1[C@@H](C)N. The van der Waals surface area contributed by atoms with Gasteiger partial charge in [0.25, 0.3) is 0 Å². The van der Waals surface area contributed by atoms with E-state index in [1.807, 2.05) is 0 Å². The lowest BCUT2D eigenvalue weighted by atomic mass is 10.1. The number of hydrogen-bond donors (Lipinski definition) is 2. The second kappa shape index (κ2) is 6.54. The number of aliphatic hydroxyl groups is 1. The molecule has 1 rings (SSSR count). The minimum Gasteiger partial charge on any atom is -0.490 e. The van der Waals surface area contributed by atoms with Gasteiger partial charge in [0.2, 0.25) is 0 Å². The molecule has 0 aliphatic rings. The zero-order chi connectivity index (χ0) is 12.8. The number of ether oxygens (including phenoxy) is 2. The van der Waals surface area contributed by atoms with Crippen molar-refractivity contribution < 1.29 is 19.0 Å². The van der Waals surface area contributed by atoms with Gasteiger partial charge in [-0.1, -0.05) is 6.07 Å². The van der Waals surface area contributed by atoms with Crippen LogP contribution in [0.4, 0.5) is 4.39 Å². The van der Waals surface area contributed by atoms with Gasteiger partial charge in [-0.05, 0) is 13.0 Å². The second-order valence-corrected chi connectivity index (χ2v) is 3.89. The molecule has 96 valence electrons. The summed E-state index contributed by atoms with van der Waals surface area (Å²) < 4.78 is 23.2. The van der Waals surface area contributed by atoms with E-state index in [2.05, 4.69) is 0 Å². The molecule has 5 heteroatoms. The minimum absolute atomic E-state index is 0.0387. The van der Waals surface area contributed by atoms with E-state index in [-0.39, 0.29) is 19.3 Å². The van der Waals surface area contributed by atoms with E-state index in [0.29, 0.717) is 11.3 Å². The molecule has 0 aliphatic carbocycles. The summed E-state index contributed by atoms with van der Waals surface area (Å²) in [5.74, 6) is -0.0409. The van der Waals surface area contributed by atoms with Crippen LogP contribution in [0.5, 0.6) is 5.75 Å². The van der Waals surface area contributed by atoms with E-state index >= 15 is 0 Å². The largest absolute Gasteiger partial charge is 0.490 e. The first-order chi connectivity index (χ1) is 8.04. The Kier molecular flexibility index (Phi) is 5.34. The third kappa shape index (κ3) is 4.30. The number of aliphatic hydroxyl groups excluding tert-OH is 1. The Labute approximate surface area is 100 Å². The number of methoxy groups -OCH3 is 1. The smallest absolute Gasteiger partial charge is 0.127 e. The predicted octanol–water partition coefficient (Wildman–Crippen LogP) is 1.23. The molecular formula is C12H18FNO3. The standard InChI is InChI=1S/C12H18FNO3/c1-8(14)11-4-3-9(13)5-12(11)17-7-10(15)6-16-2/h3-5,8,10,15H,6-7,14H2,1-2H3/t8-,10?/m1/s1. The molecule has 0 heterocycles. The summed E-state index contributed by atoms with van der Waals surface area (Å²) in [5.41, 5.74) is 6.44. The minimum atomic E-state index is -0.746. The fourth-order valence-electron chi connectivity index (χ4n) is 1.44. The van der Waals surface area contributed by atoms with E-state index in [0.717, 1.165) is 0 Å². The third-order valence-corrected chi connectivity index (χ3v) is 2.26. The molecule has 0 spiro atoms. The van der Waals surface area contributed by atoms with Gasteiger partial charge in [-0.25, -0.2) is 4.39 Å². The van der Waals surface area contributed by atoms with E-state index in [4.69, 9.17) is 15.2 Å². The summed E-state index contributed by atoms with van der Waals surface area (Å²) in [6.07, 6.45) is -0.746. The van der Waals surface area contributed by atoms with Crippen molar-refractivity contribution in [3.05, 3.63) is 29.6 Å². The predicted molar refractivity (Wildman–Crippen MR) is 62.4 cm³/mol. The van der Waals surface area contributed by atoms with Gasteiger partial charge >= 0.3 is 0 Å². The summed E-state index contributed by atoms with van der Waals surface area (Å²) >= 11 is 0. The summed E-state index contributed by atoms with van der Waals surface area (Å²) in [6.45, 7) is 1.99. The van der Waals surface area contributed by atoms with Gasteiger partial charge in [0, 0.05) is 24.8 Å². The summed E-state index contributed by atoms with van der Waals surface area (Å²) in [7, 11) is 1.48. The van der Waals surface area contributed by atoms with Crippen molar-refractivity contribution in [2.24, 2.45) is 5.73 Å². The Morgan fingerprint density at radius 2 is 2.12 bits per heavy atom. The van der Waals surface area contributed by atoms with Crippen LogP contribution in [0.2, 0.25) is 0 Å². The normalized spacial score (nSPS) is 14.4. The van der Waals surface area contributed by atoms with Gasteiger partial charge in [-0.3, -0.25) is 0 Å². The van der Waals surface area contributed by atoms with Crippen molar-refractivity contribution in [3.8, 4) is 5.75 Å². The first-order valence-corrected chi connectivity index (χ1v) is 5.39. The lowest BCUT2D eigenvalue weighted by Crippen LogP contribution is -2.23. The highest BCUT2D eigenvalue weighted by Gasteiger charge is 2.11. The van der Waals surface area contributed by atoms with Crippen LogP contribution in [0.25, 0.3) is 0 Å². The summed E-state index contributed by atoms with van der Waals surface area (Å²) in [4.78, 5) is 0. The molecule has 1 aromatic rings. The number of hydrogen-bond acceptors (Lipinski definition) is 4. The van der Waals surface area contributed by atoms with Gasteiger partial charge in [-0.2, -0.15) is 0 Å². The molecule has 3 N–H and O–H groups in total. The number of benzene rings is 1. The first kappa shape index (κ1) is 13.9. The molecule has 0 radical (unpaired) electrons. The summed E-state index contributed by atoms with van der Waals surface area (Å²) in [5, 5.41) is 9.43. The molecule has 0 amide bonds. The van der Waals surface area contributed by atoms with Crippen LogP contribution in [0.1, 0.15) is 18.5 Å². The Hall–Kier alpha value is -1.17. The van der Waals surface area contributed by atoms with Gasteiger partial charge in [0.1, 0.15) is 24.3 Å². The molecule has 0 bridgehead atoms. The van der Waals surface area contributed by atoms with Gasteiger partial charge in [0.15, 0.2) is 0 Å². The van der Waals surface area contributed by atoms with Crippen molar-refractivity contribution >= 4 is 0 Å². The van der Waals surface area contributed by atoms with Crippen LogP contribution in [0.3, 0.4) is 0 Å². The van der Waals surface area contributed by atoms with Crippen LogP contribution >= 0.6 is 0 Å². The van der Waals surface area contributed by atoms with E-state index < -0.39 is 11.9 Å². The number of rotatable bonds is 6. The van der Waals surface area contributed by atoms with Crippen LogP contribution in [-0.2, 0) is 4.74 Å². The molecule has 0 aliphatic heterocycles. The van der Waals surface area contributed by atoms with Gasteiger partial charge < -0.3 is 20.3 Å². The van der Waals surface area contributed by atoms with Crippen molar-refractivity contribution in [2.45, 2.75) is 19.1 Å². The number of halogens is 1. The molecule has 0 fully saturated rings. The average molecular weight is 243 g/mol. The Morgan fingerprint density at radius 1 is 1.41 bits per heavy atom. The fourth-order valence-corrected chi connectivity index (χ4v) is 1.44. The van der Waals surface area contributed by atoms with E-state index in [1.54, 1.807) is 13.0 Å². The highest BCUT2D eigenvalue weighted by atomic mass is 19.1. The summed E-state index contributed by atoms with van der Waals surface area (Å²) in [6, 6.07) is 3.91. The van der Waals surface area contributed by atoms with Crippen molar-refractivity contribution in [1.29, 1.82) is 0 Å². The Bertz CT molecular complexity index is 358. The van der Waals surface area contributed by atoms with Gasteiger partial charge in [0.05, 0.1) is 6.61 Å². The maximum absolute atomic E-state index is 13.1. The fraction of sp³-hybridized carbons (Fsp3) is 0.500. The molecule has 0 saturated carbocycles. The maximum Gasteiger partial charge on any atom is 0.127 e. The molecule has 2 atom stereocenters. The van der Waals surface area contributed by atoms with Crippen LogP contribution in [0.15, 0.2) is 18.2 Å². The zero-order valence-electron chi connectivity index (χ0n) is 10.0. The Morgan fingerprint density at radius 3 is 2.71 bits per heavy atom. The molecule has 17 heavy (non-hydrogen) atoms.